The summed E-state index contributed by atoms with van der Waals surface area (Å²) in [5.41, 5.74) is 0.619. The van der Waals surface area contributed by atoms with Crippen LogP contribution in [0.25, 0.3) is 0 Å². The highest BCUT2D eigenvalue weighted by Crippen LogP contribution is 2.16. The van der Waals surface area contributed by atoms with Crippen molar-refractivity contribution in [2.75, 3.05) is 18.5 Å². The lowest BCUT2D eigenvalue weighted by molar-refractivity contribution is -0.115. The minimum absolute atomic E-state index is 0.187. The lowest BCUT2D eigenvalue weighted by Crippen LogP contribution is -2.32. The fourth-order valence-corrected chi connectivity index (χ4v) is 2.47. The van der Waals surface area contributed by atoms with Crippen LogP contribution >= 0.6 is 11.3 Å². The summed E-state index contributed by atoms with van der Waals surface area (Å²) in [6.45, 7) is 1.77. The van der Waals surface area contributed by atoms with Crippen LogP contribution in [-0.2, 0) is 9.53 Å². The summed E-state index contributed by atoms with van der Waals surface area (Å²) in [5.74, 6) is -1.24. The molecule has 23 heavy (non-hydrogen) atoms. The first-order chi connectivity index (χ1) is 11.1. The van der Waals surface area contributed by atoms with Crippen molar-refractivity contribution in [3.05, 3.63) is 52.2 Å². The molecule has 1 heterocycles. The van der Waals surface area contributed by atoms with Crippen molar-refractivity contribution in [2.24, 2.45) is 0 Å². The molecule has 2 N–H and O–H groups in total. The third-order valence-corrected chi connectivity index (χ3v) is 3.72. The second-order valence-electron chi connectivity index (χ2n) is 4.47. The number of hydrogen-bond acceptors (Lipinski definition) is 5. The summed E-state index contributed by atoms with van der Waals surface area (Å²) in [6, 6.07) is 9.98. The van der Waals surface area contributed by atoms with Crippen LogP contribution in [0.15, 0.2) is 41.8 Å². The van der Waals surface area contributed by atoms with Gasteiger partial charge < -0.3 is 15.4 Å². The third-order valence-electron chi connectivity index (χ3n) is 2.85. The molecule has 0 saturated carbocycles. The SMILES string of the molecule is CCOC(=O)c1ccccc1NC(=O)CNC(=O)c1cccs1. The Labute approximate surface area is 137 Å². The lowest BCUT2D eigenvalue weighted by Gasteiger charge is -2.10. The smallest absolute Gasteiger partial charge is 0.340 e. The van der Waals surface area contributed by atoms with E-state index in [9.17, 15) is 14.4 Å². The van der Waals surface area contributed by atoms with E-state index < -0.39 is 11.9 Å². The van der Waals surface area contributed by atoms with Crippen molar-refractivity contribution in [3.63, 3.8) is 0 Å². The van der Waals surface area contributed by atoms with E-state index >= 15 is 0 Å². The number of rotatable bonds is 6. The summed E-state index contributed by atoms with van der Waals surface area (Å²) in [4.78, 5) is 36.1. The Morgan fingerprint density at radius 2 is 1.91 bits per heavy atom. The molecule has 6 nitrogen and oxygen atoms in total. The highest BCUT2D eigenvalue weighted by molar-refractivity contribution is 7.12. The van der Waals surface area contributed by atoms with E-state index in [2.05, 4.69) is 10.6 Å². The van der Waals surface area contributed by atoms with Gasteiger partial charge in [0.2, 0.25) is 5.91 Å². The van der Waals surface area contributed by atoms with Crippen LogP contribution in [0.1, 0.15) is 27.0 Å². The summed E-state index contributed by atoms with van der Waals surface area (Å²) < 4.78 is 4.94. The van der Waals surface area contributed by atoms with Crippen LogP contribution in [0, 0.1) is 0 Å². The third kappa shape index (κ3) is 4.65. The first-order valence-corrected chi connectivity index (χ1v) is 7.87. The maximum Gasteiger partial charge on any atom is 0.340 e. The maximum atomic E-state index is 11.9. The zero-order valence-corrected chi connectivity index (χ0v) is 13.3. The molecule has 0 spiro atoms. The molecule has 0 saturated heterocycles. The number of esters is 1. The molecule has 0 atom stereocenters. The van der Waals surface area contributed by atoms with Gasteiger partial charge in [0, 0.05) is 0 Å². The fraction of sp³-hybridized carbons (Fsp3) is 0.188. The Kier molecular flexibility index (Phi) is 5.87. The second kappa shape index (κ2) is 8.09. The first-order valence-electron chi connectivity index (χ1n) is 6.99. The van der Waals surface area contributed by atoms with E-state index in [0.29, 0.717) is 10.6 Å². The predicted molar refractivity (Wildman–Crippen MR) is 87.7 cm³/mol. The number of amides is 2. The number of anilines is 1. The van der Waals surface area contributed by atoms with Crippen LogP contribution in [0.4, 0.5) is 5.69 Å². The van der Waals surface area contributed by atoms with E-state index in [1.165, 1.54) is 11.3 Å². The summed E-state index contributed by atoms with van der Waals surface area (Å²) in [5, 5.41) is 6.90. The van der Waals surface area contributed by atoms with Gasteiger partial charge in [-0.3, -0.25) is 9.59 Å². The molecular weight excluding hydrogens is 316 g/mol. The standard InChI is InChI=1S/C16H16N2O4S/c1-2-22-16(21)11-6-3-4-7-12(11)18-14(19)10-17-15(20)13-8-5-9-23-13/h3-9H,2,10H2,1H3,(H,17,20)(H,18,19). The fourth-order valence-electron chi connectivity index (χ4n) is 1.83. The minimum Gasteiger partial charge on any atom is -0.462 e. The quantitative estimate of drug-likeness (QED) is 0.795. The Hall–Kier alpha value is -2.67. The van der Waals surface area contributed by atoms with Crippen molar-refractivity contribution in [3.8, 4) is 0 Å². The average Bonchev–Trinajstić information content (AvgIpc) is 3.08. The van der Waals surface area contributed by atoms with Gasteiger partial charge in [0.25, 0.3) is 5.91 Å². The topological polar surface area (TPSA) is 84.5 Å². The van der Waals surface area contributed by atoms with E-state index in [1.807, 2.05) is 0 Å². The van der Waals surface area contributed by atoms with Crippen LogP contribution in [-0.4, -0.2) is 30.9 Å². The summed E-state index contributed by atoms with van der Waals surface area (Å²) in [7, 11) is 0. The molecule has 0 aliphatic rings. The van der Waals surface area contributed by atoms with E-state index in [-0.39, 0.29) is 24.6 Å². The number of thiophene rings is 1. The van der Waals surface area contributed by atoms with Gasteiger partial charge in [-0.05, 0) is 30.5 Å². The molecule has 2 rings (SSSR count). The van der Waals surface area contributed by atoms with Gasteiger partial charge in [-0.15, -0.1) is 11.3 Å². The Morgan fingerprint density at radius 3 is 2.61 bits per heavy atom. The molecule has 0 aliphatic carbocycles. The molecule has 2 amide bonds. The van der Waals surface area contributed by atoms with Crippen LogP contribution < -0.4 is 10.6 Å². The van der Waals surface area contributed by atoms with Crippen LogP contribution in [0.2, 0.25) is 0 Å². The van der Waals surface area contributed by atoms with Gasteiger partial charge >= 0.3 is 5.97 Å². The zero-order chi connectivity index (χ0) is 16.7. The molecule has 1 aromatic carbocycles. The van der Waals surface area contributed by atoms with Gasteiger partial charge in [-0.1, -0.05) is 18.2 Å². The van der Waals surface area contributed by atoms with Crippen LogP contribution in [0.3, 0.4) is 0 Å². The molecule has 0 bridgehead atoms. The Morgan fingerprint density at radius 1 is 1.13 bits per heavy atom. The summed E-state index contributed by atoms with van der Waals surface area (Å²) in [6.07, 6.45) is 0. The zero-order valence-electron chi connectivity index (χ0n) is 12.5. The van der Waals surface area contributed by atoms with E-state index in [0.717, 1.165) is 0 Å². The molecule has 120 valence electrons. The molecule has 1 aromatic heterocycles. The van der Waals surface area contributed by atoms with E-state index in [4.69, 9.17) is 4.74 Å². The molecule has 0 aliphatic heterocycles. The average molecular weight is 332 g/mol. The monoisotopic (exact) mass is 332 g/mol. The van der Waals surface area contributed by atoms with Crippen molar-refractivity contribution < 1.29 is 19.1 Å². The number of nitrogens with one attached hydrogen (secondary N) is 2. The Bertz CT molecular complexity index is 698. The van der Waals surface area contributed by atoms with Crippen molar-refractivity contribution in [1.82, 2.24) is 5.32 Å². The van der Waals surface area contributed by atoms with Crippen molar-refractivity contribution >= 4 is 34.8 Å². The minimum atomic E-state index is -0.508. The van der Waals surface area contributed by atoms with Crippen LogP contribution in [0.5, 0.6) is 0 Å². The van der Waals surface area contributed by atoms with Gasteiger partial charge in [-0.25, -0.2) is 4.79 Å². The van der Waals surface area contributed by atoms with Crippen molar-refractivity contribution in [2.45, 2.75) is 6.92 Å². The maximum absolute atomic E-state index is 11.9. The number of benzene rings is 1. The van der Waals surface area contributed by atoms with Gasteiger partial charge in [0.1, 0.15) is 0 Å². The molecular formula is C16H16N2O4S. The number of hydrogen-bond donors (Lipinski definition) is 2. The number of carbonyl (C=O) groups is 3. The highest BCUT2D eigenvalue weighted by Gasteiger charge is 2.14. The lowest BCUT2D eigenvalue weighted by atomic mass is 10.2. The number of para-hydroxylation sites is 1. The van der Waals surface area contributed by atoms with Crippen molar-refractivity contribution in [1.29, 1.82) is 0 Å². The number of ether oxygens (including phenoxy) is 1. The summed E-state index contributed by atoms with van der Waals surface area (Å²) >= 11 is 1.29. The molecule has 7 heteroatoms. The number of carbonyl (C=O) groups excluding carboxylic acids is 3. The van der Waals surface area contributed by atoms with Gasteiger partial charge in [0.15, 0.2) is 0 Å². The molecule has 2 aromatic rings. The first kappa shape index (κ1) is 16.7. The molecule has 0 fully saturated rings. The van der Waals surface area contributed by atoms with Gasteiger partial charge in [-0.2, -0.15) is 0 Å². The normalized spacial score (nSPS) is 9.96. The predicted octanol–water partition coefficient (Wildman–Crippen LogP) is 2.29. The Balaban J connectivity index is 1.95. The molecule has 0 unspecified atom stereocenters. The van der Waals surface area contributed by atoms with Gasteiger partial charge in [0.05, 0.1) is 29.3 Å². The largest absolute Gasteiger partial charge is 0.462 e. The second-order valence-corrected chi connectivity index (χ2v) is 5.42. The highest BCUT2D eigenvalue weighted by atomic mass is 32.1. The van der Waals surface area contributed by atoms with E-state index in [1.54, 1.807) is 48.7 Å². The molecule has 0 radical (unpaired) electrons.